The Kier molecular flexibility index (Phi) is 2.52. The van der Waals surface area contributed by atoms with Gasteiger partial charge in [0.05, 0.1) is 19.1 Å². The summed E-state index contributed by atoms with van der Waals surface area (Å²) in [5.74, 6) is 0.425. The third-order valence-corrected chi connectivity index (χ3v) is 3.40. The van der Waals surface area contributed by atoms with Crippen molar-refractivity contribution < 1.29 is 14.3 Å². The zero-order valence-electron chi connectivity index (χ0n) is 9.81. The second kappa shape index (κ2) is 4.04. The first-order chi connectivity index (χ1) is 8.25. The highest BCUT2D eigenvalue weighted by Crippen LogP contribution is 2.37. The summed E-state index contributed by atoms with van der Waals surface area (Å²) in [6.45, 7) is 5.17. The molecular weight excluding hydrogens is 218 g/mol. The SMILES string of the molecule is CC1C(=O)Oc2cc(N3CCOCC3)ccc21. The maximum Gasteiger partial charge on any atom is 0.318 e. The molecule has 0 radical (unpaired) electrons. The van der Waals surface area contributed by atoms with Crippen LogP contribution in [0.3, 0.4) is 0 Å². The summed E-state index contributed by atoms with van der Waals surface area (Å²) < 4.78 is 10.6. The molecule has 90 valence electrons. The lowest BCUT2D eigenvalue weighted by Crippen LogP contribution is -2.36. The average Bonchev–Trinajstić information content (AvgIpc) is 2.66. The highest BCUT2D eigenvalue weighted by Gasteiger charge is 2.29. The lowest BCUT2D eigenvalue weighted by molar-refractivity contribution is -0.133. The molecule has 0 aliphatic carbocycles. The van der Waals surface area contributed by atoms with Crippen molar-refractivity contribution in [3.8, 4) is 5.75 Å². The van der Waals surface area contributed by atoms with Crippen molar-refractivity contribution in [2.45, 2.75) is 12.8 Å². The Morgan fingerprint density at radius 2 is 2.06 bits per heavy atom. The molecule has 4 nitrogen and oxygen atoms in total. The molecule has 1 aromatic rings. The molecular formula is C13H15NO3. The highest BCUT2D eigenvalue weighted by atomic mass is 16.5. The number of esters is 1. The lowest BCUT2D eigenvalue weighted by atomic mass is 10.0. The Balaban J connectivity index is 1.89. The summed E-state index contributed by atoms with van der Waals surface area (Å²) in [6.07, 6.45) is 0. The molecule has 0 bridgehead atoms. The van der Waals surface area contributed by atoms with E-state index in [-0.39, 0.29) is 11.9 Å². The number of fused-ring (bicyclic) bond motifs is 1. The molecule has 3 rings (SSSR count). The maximum absolute atomic E-state index is 11.5. The van der Waals surface area contributed by atoms with E-state index in [0.717, 1.165) is 37.6 Å². The van der Waals surface area contributed by atoms with Gasteiger partial charge in [-0.15, -0.1) is 0 Å². The zero-order valence-corrected chi connectivity index (χ0v) is 9.81. The molecule has 0 N–H and O–H groups in total. The highest BCUT2D eigenvalue weighted by molar-refractivity contribution is 5.86. The van der Waals surface area contributed by atoms with Crippen LogP contribution >= 0.6 is 0 Å². The van der Waals surface area contributed by atoms with Gasteiger partial charge in [0, 0.05) is 30.4 Å². The van der Waals surface area contributed by atoms with Gasteiger partial charge in [0.15, 0.2) is 0 Å². The van der Waals surface area contributed by atoms with Gasteiger partial charge in [0.25, 0.3) is 0 Å². The largest absolute Gasteiger partial charge is 0.426 e. The molecule has 2 heterocycles. The van der Waals surface area contributed by atoms with E-state index >= 15 is 0 Å². The summed E-state index contributed by atoms with van der Waals surface area (Å²) >= 11 is 0. The Morgan fingerprint density at radius 3 is 2.82 bits per heavy atom. The van der Waals surface area contributed by atoms with Crippen molar-refractivity contribution in [1.82, 2.24) is 0 Å². The van der Waals surface area contributed by atoms with E-state index in [1.165, 1.54) is 0 Å². The predicted molar refractivity (Wildman–Crippen MR) is 63.5 cm³/mol. The van der Waals surface area contributed by atoms with Crippen LogP contribution in [0, 0.1) is 0 Å². The fraction of sp³-hybridized carbons (Fsp3) is 0.462. The lowest BCUT2D eigenvalue weighted by Gasteiger charge is -2.29. The Bertz CT molecular complexity index is 452. The number of carbonyl (C=O) groups is 1. The fourth-order valence-electron chi connectivity index (χ4n) is 2.31. The molecule has 17 heavy (non-hydrogen) atoms. The summed E-state index contributed by atoms with van der Waals surface area (Å²) in [5, 5.41) is 0. The number of carbonyl (C=O) groups excluding carboxylic acids is 1. The van der Waals surface area contributed by atoms with Crippen molar-refractivity contribution >= 4 is 11.7 Å². The van der Waals surface area contributed by atoms with Crippen molar-refractivity contribution in [2.24, 2.45) is 0 Å². The fourth-order valence-corrected chi connectivity index (χ4v) is 2.31. The average molecular weight is 233 g/mol. The second-order valence-corrected chi connectivity index (χ2v) is 4.46. The normalized spacial score (nSPS) is 23.5. The van der Waals surface area contributed by atoms with Crippen molar-refractivity contribution in [1.29, 1.82) is 0 Å². The third-order valence-electron chi connectivity index (χ3n) is 3.40. The van der Waals surface area contributed by atoms with E-state index in [9.17, 15) is 4.79 Å². The van der Waals surface area contributed by atoms with Gasteiger partial charge in [-0.2, -0.15) is 0 Å². The topological polar surface area (TPSA) is 38.8 Å². The van der Waals surface area contributed by atoms with Gasteiger partial charge in [-0.1, -0.05) is 6.07 Å². The van der Waals surface area contributed by atoms with Crippen molar-refractivity contribution in [3.05, 3.63) is 23.8 Å². The van der Waals surface area contributed by atoms with Gasteiger partial charge in [0.2, 0.25) is 0 Å². The summed E-state index contributed by atoms with van der Waals surface area (Å²) in [6, 6.07) is 6.01. The van der Waals surface area contributed by atoms with Crippen molar-refractivity contribution in [3.63, 3.8) is 0 Å². The number of hydrogen-bond donors (Lipinski definition) is 0. The number of ether oxygens (including phenoxy) is 2. The molecule has 4 heteroatoms. The van der Waals surface area contributed by atoms with E-state index in [4.69, 9.17) is 9.47 Å². The molecule has 0 aromatic heterocycles. The molecule has 1 unspecified atom stereocenters. The van der Waals surface area contributed by atoms with Gasteiger partial charge in [-0.25, -0.2) is 0 Å². The molecule has 1 fully saturated rings. The molecule has 2 aliphatic rings. The first-order valence-electron chi connectivity index (χ1n) is 5.94. The number of morpholine rings is 1. The first kappa shape index (κ1) is 10.6. The number of anilines is 1. The van der Waals surface area contributed by atoms with Crippen LogP contribution in [0.2, 0.25) is 0 Å². The molecule has 1 aromatic carbocycles. The number of nitrogens with zero attached hydrogens (tertiary/aromatic N) is 1. The van der Waals surface area contributed by atoms with Gasteiger partial charge in [-0.05, 0) is 13.0 Å². The summed E-state index contributed by atoms with van der Waals surface area (Å²) in [7, 11) is 0. The van der Waals surface area contributed by atoms with E-state index in [1.54, 1.807) is 0 Å². The summed E-state index contributed by atoms with van der Waals surface area (Å²) in [5.41, 5.74) is 2.10. The number of benzene rings is 1. The van der Waals surface area contributed by atoms with E-state index < -0.39 is 0 Å². The number of rotatable bonds is 1. The van der Waals surface area contributed by atoms with Crippen LogP contribution in [0.25, 0.3) is 0 Å². The predicted octanol–water partition coefficient (Wildman–Crippen LogP) is 1.55. The monoisotopic (exact) mass is 233 g/mol. The van der Waals surface area contributed by atoms with E-state index in [0.29, 0.717) is 5.75 Å². The van der Waals surface area contributed by atoms with Crippen LogP contribution in [-0.2, 0) is 9.53 Å². The van der Waals surface area contributed by atoms with Crippen LogP contribution in [0.5, 0.6) is 5.75 Å². The maximum atomic E-state index is 11.5. The Labute approximate surface area is 100 Å². The molecule has 0 saturated carbocycles. The molecule has 0 spiro atoms. The first-order valence-corrected chi connectivity index (χ1v) is 5.94. The van der Waals surface area contributed by atoms with Crippen LogP contribution in [0.15, 0.2) is 18.2 Å². The van der Waals surface area contributed by atoms with Gasteiger partial charge in [-0.3, -0.25) is 4.79 Å². The van der Waals surface area contributed by atoms with Crippen molar-refractivity contribution in [2.75, 3.05) is 31.2 Å². The quantitative estimate of drug-likeness (QED) is 0.545. The van der Waals surface area contributed by atoms with Crippen LogP contribution in [-0.4, -0.2) is 32.3 Å². The molecule has 1 atom stereocenters. The summed E-state index contributed by atoms with van der Waals surface area (Å²) in [4.78, 5) is 13.7. The minimum atomic E-state index is -0.154. The zero-order chi connectivity index (χ0) is 11.8. The minimum absolute atomic E-state index is 0.135. The number of hydrogen-bond acceptors (Lipinski definition) is 4. The Morgan fingerprint density at radius 1 is 1.29 bits per heavy atom. The van der Waals surface area contributed by atoms with E-state index in [2.05, 4.69) is 11.0 Å². The standard InChI is InChI=1S/C13H15NO3/c1-9-11-3-2-10(8-12(11)17-13(9)15)14-4-6-16-7-5-14/h2-3,8-9H,4-7H2,1H3. The third kappa shape index (κ3) is 1.78. The van der Waals surface area contributed by atoms with Gasteiger partial charge in [0.1, 0.15) is 5.75 Å². The minimum Gasteiger partial charge on any atom is -0.426 e. The van der Waals surface area contributed by atoms with Crippen LogP contribution in [0.1, 0.15) is 18.4 Å². The van der Waals surface area contributed by atoms with Crippen LogP contribution < -0.4 is 9.64 Å². The Hall–Kier alpha value is -1.55. The molecule has 1 saturated heterocycles. The molecule has 0 amide bonds. The van der Waals surface area contributed by atoms with Gasteiger partial charge >= 0.3 is 5.97 Å². The van der Waals surface area contributed by atoms with Gasteiger partial charge < -0.3 is 14.4 Å². The van der Waals surface area contributed by atoms with Crippen LogP contribution in [0.4, 0.5) is 5.69 Å². The smallest absolute Gasteiger partial charge is 0.318 e. The molecule has 2 aliphatic heterocycles. The second-order valence-electron chi connectivity index (χ2n) is 4.46. The van der Waals surface area contributed by atoms with E-state index in [1.807, 2.05) is 19.1 Å².